The van der Waals surface area contributed by atoms with Gasteiger partial charge in [-0.3, -0.25) is 0 Å². The fourth-order valence-electron chi connectivity index (χ4n) is 2.19. The third kappa shape index (κ3) is 7.15. The summed E-state index contributed by atoms with van der Waals surface area (Å²) in [6.45, 7) is 6.29. The Morgan fingerprint density at radius 1 is 1.26 bits per heavy atom. The zero-order chi connectivity index (χ0) is 19.6. The van der Waals surface area contributed by atoms with Crippen LogP contribution < -0.4 is 15.2 Å². The lowest BCUT2D eigenvalue weighted by atomic mass is 10.2. The van der Waals surface area contributed by atoms with Gasteiger partial charge >= 0.3 is 0 Å². The van der Waals surface area contributed by atoms with Crippen LogP contribution in [0.1, 0.15) is 31.9 Å². The predicted molar refractivity (Wildman–Crippen MR) is 115 cm³/mol. The molecule has 0 aromatic heterocycles. The van der Waals surface area contributed by atoms with Crippen molar-refractivity contribution in [2.75, 3.05) is 6.61 Å². The zero-order valence-corrected chi connectivity index (χ0v) is 17.3. The number of benzene rings is 2. The highest BCUT2D eigenvalue weighted by molar-refractivity contribution is 8.13. The molecule has 0 atom stereocenters. The van der Waals surface area contributed by atoms with Crippen LogP contribution in [0.4, 0.5) is 0 Å². The summed E-state index contributed by atoms with van der Waals surface area (Å²) in [6.07, 6.45) is 1.58. The van der Waals surface area contributed by atoms with E-state index in [-0.39, 0.29) is 6.10 Å². The molecule has 144 valence electrons. The summed E-state index contributed by atoms with van der Waals surface area (Å²) < 4.78 is 11.4. The Morgan fingerprint density at radius 2 is 2.00 bits per heavy atom. The second-order valence-corrected chi connectivity index (χ2v) is 7.29. The highest BCUT2D eigenvalue weighted by atomic mass is 35.5. The number of rotatable bonds is 8. The molecule has 0 fully saturated rings. The van der Waals surface area contributed by atoms with Gasteiger partial charge in [0.1, 0.15) is 0 Å². The molecule has 0 heterocycles. The van der Waals surface area contributed by atoms with E-state index in [0.29, 0.717) is 28.3 Å². The van der Waals surface area contributed by atoms with E-state index in [2.05, 4.69) is 10.2 Å². The van der Waals surface area contributed by atoms with Gasteiger partial charge in [-0.1, -0.05) is 53.7 Å². The smallest absolute Gasteiger partial charge is 0.180 e. The first-order valence-corrected chi connectivity index (χ1v) is 10.0. The van der Waals surface area contributed by atoms with E-state index in [1.807, 2.05) is 57.2 Å². The molecule has 2 N–H and O–H groups in total. The molecule has 0 aliphatic carbocycles. The second-order valence-electron chi connectivity index (χ2n) is 5.89. The number of hydrogen-bond donors (Lipinski definition) is 1. The monoisotopic (exact) mass is 405 g/mol. The van der Waals surface area contributed by atoms with Crippen LogP contribution in [-0.4, -0.2) is 24.1 Å². The zero-order valence-electron chi connectivity index (χ0n) is 15.7. The first-order chi connectivity index (χ1) is 13.0. The van der Waals surface area contributed by atoms with Crippen LogP contribution in [0.2, 0.25) is 5.02 Å². The van der Waals surface area contributed by atoms with Crippen molar-refractivity contribution in [3.63, 3.8) is 0 Å². The molecule has 0 saturated carbocycles. The van der Waals surface area contributed by atoms with Gasteiger partial charge < -0.3 is 15.2 Å². The Balaban J connectivity index is 2.06. The van der Waals surface area contributed by atoms with Crippen LogP contribution in [-0.2, 0) is 5.75 Å². The van der Waals surface area contributed by atoms with Crippen molar-refractivity contribution in [2.45, 2.75) is 32.6 Å². The third-order valence-corrected chi connectivity index (χ3v) is 4.41. The molecule has 0 saturated heterocycles. The van der Waals surface area contributed by atoms with Crippen molar-refractivity contribution >= 4 is 34.7 Å². The van der Waals surface area contributed by atoms with E-state index in [1.165, 1.54) is 17.3 Å². The molecular weight excluding hydrogens is 382 g/mol. The lowest BCUT2D eigenvalue weighted by Gasteiger charge is -2.16. The Kier molecular flexibility index (Phi) is 8.48. The van der Waals surface area contributed by atoms with Gasteiger partial charge in [-0.2, -0.15) is 5.10 Å². The van der Waals surface area contributed by atoms with Gasteiger partial charge in [-0.25, -0.2) is 0 Å². The number of nitrogens with two attached hydrogens (primary N) is 1. The van der Waals surface area contributed by atoms with Crippen molar-refractivity contribution < 1.29 is 9.47 Å². The van der Waals surface area contributed by atoms with Gasteiger partial charge in [-0.15, -0.1) is 5.10 Å². The summed E-state index contributed by atoms with van der Waals surface area (Å²) >= 11 is 7.77. The summed E-state index contributed by atoms with van der Waals surface area (Å²) in [5.74, 6) is 1.86. The lowest BCUT2D eigenvalue weighted by molar-refractivity contribution is 0.224. The average molecular weight is 406 g/mol. The lowest BCUT2D eigenvalue weighted by Crippen LogP contribution is -2.08. The Morgan fingerprint density at radius 3 is 2.67 bits per heavy atom. The maximum atomic E-state index is 6.34. The van der Waals surface area contributed by atoms with Crippen LogP contribution in [0.3, 0.4) is 0 Å². The molecule has 2 aromatic carbocycles. The maximum Gasteiger partial charge on any atom is 0.180 e. The Bertz CT molecular complexity index is 795. The van der Waals surface area contributed by atoms with E-state index >= 15 is 0 Å². The molecule has 0 amide bonds. The summed E-state index contributed by atoms with van der Waals surface area (Å²) in [5.41, 5.74) is 7.83. The van der Waals surface area contributed by atoms with Gasteiger partial charge in [0.2, 0.25) is 0 Å². The molecule has 0 unspecified atom stereocenters. The molecule has 27 heavy (non-hydrogen) atoms. The van der Waals surface area contributed by atoms with E-state index in [1.54, 1.807) is 12.3 Å². The maximum absolute atomic E-state index is 6.34. The summed E-state index contributed by atoms with van der Waals surface area (Å²) in [6, 6.07) is 13.6. The van der Waals surface area contributed by atoms with Crippen LogP contribution in [0.15, 0.2) is 52.7 Å². The van der Waals surface area contributed by atoms with E-state index in [0.717, 1.165) is 11.3 Å². The van der Waals surface area contributed by atoms with Gasteiger partial charge in [-0.05, 0) is 38.5 Å². The summed E-state index contributed by atoms with van der Waals surface area (Å²) in [4.78, 5) is 0. The minimum absolute atomic E-state index is 0.00717. The van der Waals surface area contributed by atoms with Crippen LogP contribution >= 0.6 is 23.4 Å². The quantitative estimate of drug-likeness (QED) is 0.376. The molecule has 7 heteroatoms. The molecule has 0 aliphatic rings. The van der Waals surface area contributed by atoms with Crippen molar-refractivity contribution in [3.05, 3.63) is 58.6 Å². The fourth-order valence-corrected chi connectivity index (χ4v) is 3.06. The summed E-state index contributed by atoms with van der Waals surface area (Å²) in [7, 11) is 0. The SMILES string of the molecule is CCOc1cc(C=NN=C(N)SCc2ccccc2)cc(Cl)c1OC(C)C. The second kappa shape index (κ2) is 10.8. The third-order valence-electron chi connectivity index (χ3n) is 3.28. The first kappa shape index (κ1) is 21.1. The topological polar surface area (TPSA) is 69.2 Å². The van der Waals surface area contributed by atoms with Gasteiger partial charge in [0.05, 0.1) is 23.9 Å². The van der Waals surface area contributed by atoms with Gasteiger partial charge in [0.25, 0.3) is 0 Å². The molecule has 0 radical (unpaired) electrons. The Hall–Kier alpha value is -2.18. The van der Waals surface area contributed by atoms with Crippen molar-refractivity contribution in [2.24, 2.45) is 15.9 Å². The fraction of sp³-hybridized carbons (Fsp3) is 0.300. The highest BCUT2D eigenvalue weighted by Crippen LogP contribution is 2.37. The van der Waals surface area contributed by atoms with Crippen LogP contribution in [0.25, 0.3) is 0 Å². The standard InChI is InChI=1S/C20H24ClN3O2S/c1-4-25-18-11-16(10-17(21)19(18)26-14(2)3)12-23-24-20(22)27-13-15-8-6-5-7-9-15/h5-12,14H,4,13H2,1-3H3,(H2,22,24). The number of amidine groups is 1. The van der Waals surface area contributed by atoms with E-state index in [4.69, 9.17) is 26.8 Å². The average Bonchev–Trinajstić information content (AvgIpc) is 2.64. The highest BCUT2D eigenvalue weighted by Gasteiger charge is 2.13. The molecule has 5 nitrogen and oxygen atoms in total. The number of halogens is 1. The molecule has 0 spiro atoms. The Labute approximate surface area is 169 Å². The van der Waals surface area contributed by atoms with Crippen LogP contribution in [0, 0.1) is 0 Å². The van der Waals surface area contributed by atoms with Gasteiger partial charge in [0.15, 0.2) is 16.7 Å². The first-order valence-electron chi connectivity index (χ1n) is 8.65. The minimum Gasteiger partial charge on any atom is -0.490 e. The largest absolute Gasteiger partial charge is 0.490 e. The molecule has 2 rings (SSSR count). The van der Waals surface area contributed by atoms with E-state index in [9.17, 15) is 0 Å². The van der Waals surface area contributed by atoms with Crippen molar-refractivity contribution in [1.29, 1.82) is 0 Å². The normalized spacial score (nSPS) is 12.0. The van der Waals surface area contributed by atoms with Crippen LogP contribution in [0.5, 0.6) is 11.5 Å². The van der Waals surface area contributed by atoms with E-state index < -0.39 is 0 Å². The van der Waals surface area contributed by atoms with Gasteiger partial charge in [0, 0.05) is 11.3 Å². The molecular formula is C20H24ClN3O2S. The molecule has 2 aromatic rings. The number of hydrogen-bond acceptors (Lipinski definition) is 5. The number of ether oxygens (including phenoxy) is 2. The number of thioether (sulfide) groups is 1. The number of nitrogens with zero attached hydrogens (tertiary/aromatic N) is 2. The molecule has 0 bridgehead atoms. The summed E-state index contributed by atoms with van der Waals surface area (Å²) in [5, 5.41) is 8.93. The van der Waals surface area contributed by atoms with Crippen molar-refractivity contribution in [1.82, 2.24) is 0 Å². The predicted octanol–water partition coefficient (Wildman–Crippen LogP) is 5.11. The van der Waals surface area contributed by atoms with Crippen molar-refractivity contribution in [3.8, 4) is 11.5 Å². The molecule has 0 aliphatic heterocycles. The minimum atomic E-state index is -0.00717.